The summed E-state index contributed by atoms with van der Waals surface area (Å²) in [6, 6.07) is 17.6. The van der Waals surface area contributed by atoms with Gasteiger partial charge in [0.1, 0.15) is 0 Å². The zero-order valence-corrected chi connectivity index (χ0v) is 25.1. The Morgan fingerprint density at radius 1 is 0.375 bits per heavy atom. The van der Waals surface area contributed by atoms with Crippen molar-refractivity contribution in [3.8, 4) is 56.2 Å². The number of nitrogens with zero attached hydrogens (tertiary/aromatic N) is 2. The summed E-state index contributed by atoms with van der Waals surface area (Å²) >= 11 is 0. The quantitative estimate of drug-likeness (QED) is 0.140. The molecule has 0 atom stereocenters. The molecule has 8 aromatic carbocycles. The maximum Gasteiger partial charge on any atom is 0.160 e. The molecule has 0 radical (unpaired) electrons. The normalized spacial score (nSPS) is 15.7. The lowest BCUT2D eigenvalue weighted by atomic mass is 9.89. The van der Waals surface area contributed by atoms with Gasteiger partial charge in [0, 0.05) is 16.7 Å². The monoisotopic (exact) mass is 625 g/mol. The first-order valence-corrected chi connectivity index (χ1v) is 15.1. The molecule has 9 rings (SSSR count). The highest BCUT2D eigenvalue weighted by Crippen LogP contribution is 2.40. The highest BCUT2D eigenvalue weighted by atomic mass is 14.9. The molecule has 2 nitrogen and oxygen atoms in total. The second-order valence-electron chi connectivity index (χ2n) is 11.0. The lowest BCUT2D eigenvalue weighted by Gasteiger charge is -2.15. The molecule has 0 saturated heterocycles. The van der Waals surface area contributed by atoms with E-state index in [4.69, 9.17) is 22.3 Å². The zero-order chi connectivity index (χ0) is 44.9. The third-order valence-electron chi connectivity index (χ3n) is 8.11. The summed E-state index contributed by atoms with van der Waals surface area (Å²) in [5.74, 6) is 0.230. The molecule has 0 unspecified atom stereocenters. The molecule has 0 N–H and O–H groups in total. The van der Waals surface area contributed by atoms with Crippen molar-refractivity contribution in [2.75, 3.05) is 0 Å². The zero-order valence-electron chi connectivity index (χ0n) is 40.1. The third-order valence-corrected chi connectivity index (χ3v) is 8.11. The fraction of sp³-hybridized carbons (Fsp3) is 0. The predicted molar refractivity (Wildman–Crippen MR) is 202 cm³/mol. The van der Waals surface area contributed by atoms with Crippen LogP contribution in [-0.4, -0.2) is 9.97 Å². The lowest BCUT2D eigenvalue weighted by molar-refractivity contribution is 1.18. The van der Waals surface area contributed by atoms with Crippen molar-refractivity contribution in [1.29, 1.82) is 0 Å². The van der Waals surface area contributed by atoms with Crippen molar-refractivity contribution < 1.29 is 20.6 Å². The first-order chi connectivity index (χ1) is 30.0. The van der Waals surface area contributed by atoms with E-state index in [1.807, 2.05) is 60.7 Å². The fourth-order valence-corrected chi connectivity index (χ4v) is 5.78. The molecular formula is C46H30N2. The number of benzene rings is 8. The largest absolute Gasteiger partial charge is 0.228 e. The minimum atomic E-state index is -0.751. The Morgan fingerprint density at radius 2 is 0.938 bits per heavy atom. The maximum atomic E-state index is 9.55. The summed E-state index contributed by atoms with van der Waals surface area (Å²) < 4.78 is 135. The van der Waals surface area contributed by atoms with Gasteiger partial charge in [0.15, 0.2) is 5.82 Å². The van der Waals surface area contributed by atoms with E-state index in [1.54, 1.807) is 30.3 Å². The summed E-state index contributed by atoms with van der Waals surface area (Å²) in [6.45, 7) is 0. The molecule has 0 fully saturated rings. The molecule has 0 aliphatic carbocycles. The molecule has 1 aromatic heterocycles. The Hall–Kier alpha value is -6.38. The van der Waals surface area contributed by atoms with Crippen molar-refractivity contribution in [3.63, 3.8) is 0 Å². The topological polar surface area (TPSA) is 25.8 Å². The minimum absolute atomic E-state index is 0.0318. The van der Waals surface area contributed by atoms with Crippen molar-refractivity contribution in [3.05, 3.63) is 182 Å². The third kappa shape index (κ3) is 5.01. The molecule has 0 saturated carbocycles. The number of rotatable bonds is 5. The summed E-state index contributed by atoms with van der Waals surface area (Å²) in [7, 11) is 0. The number of fused-ring (bicyclic) bond motifs is 4. The molecule has 0 amide bonds. The van der Waals surface area contributed by atoms with Gasteiger partial charge in [-0.1, -0.05) is 170 Å². The first kappa shape index (κ1) is 16.4. The van der Waals surface area contributed by atoms with Gasteiger partial charge >= 0.3 is 0 Å². The Morgan fingerprint density at radius 3 is 1.67 bits per heavy atom. The van der Waals surface area contributed by atoms with Gasteiger partial charge in [-0.2, -0.15) is 0 Å². The summed E-state index contributed by atoms with van der Waals surface area (Å²) in [4.78, 5) is 9.59. The molecule has 0 spiro atoms. The van der Waals surface area contributed by atoms with Gasteiger partial charge < -0.3 is 0 Å². The second-order valence-corrected chi connectivity index (χ2v) is 11.0. The van der Waals surface area contributed by atoms with Crippen molar-refractivity contribution in [1.82, 2.24) is 9.97 Å². The lowest BCUT2D eigenvalue weighted by Crippen LogP contribution is -1.96. The van der Waals surface area contributed by atoms with E-state index in [0.717, 1.165) is 11.1 Å². The van der Waals surface area contributed by atoms with E-state index >= 15 is 0 Å². The van der Waals surface area contributed by atoms with Crippen molar-refractivity contribution in [2.24, 2.45) is 0 Å². The predicted octanol–water partition coefficient (Wildman–Crippen LogP) is 12.3. The van der Waals surface area contributed by atoms with Crippen molar-refractivity contribution >= 4 is 32.3 Å². The Bertz CT molecular complexity index is 3400. The molecule has 1 heterocycles. The molecule has 2 heteroatoms. The van der Waals surface area contributed by atoms with Crippen LogP contribution in [0, 0.1) is 0 Å². The molecular weight excluding hydrogens is 581 g/mol. The highest BCUT2D eigenvalue weighted by Gasteiger charge is 2.14. The summed E-state index contributed by atoms with van der Waals surface area (Å²) in [5.41, 5.74) is 2.51. The van der Waals surface area contributed by atoms with E-state index in [-0.39, 0.29) is 27.9 Å². The SMILES string of the molecule is [2H]c1c([2H])c(-c2c3c([2H])c([2H])c([2H])c([2H])c3c([2H])c3c2c([2H])c([2H])c2c([2H])c([2H])c([2H])c([2H])c23)c([2H])c([2H])c1-c1cc(-c2ccc(-c3ccccc3)cc2)nc(-c2ccccc2)n1. The van der Waals surface area contributed by atoms with Gasteiger partial charge in [0.05, 0.1) is 31.9 Å². The van der Waals surface area contributed by atoms with Crippen LogP contribution in [0.15, 0.2) is 182 Å². The van der Waals surface area contributed by atoms with E-state index in [1.165, 1.54) is 0 Å². The van der Waals surface area contributed by atoms with Crippen LogP contribution in [0.3, 0.4) is 0 Å². The molecule has 48 heavy (non-hydrogen) atoms. The van der Waals surface area contributed by atoms with Gasteiger partial charge in [-0.3, -0.25) is 0 Å². The van der Waals surface area contributed by atoms with Crippen LogP contribution in [0.25, 0.3) is 88.5 Å². The summed E-state index contributed by atoms with van der Waals surface area (Å²) in [5, 5.41) is -2.43. The second kappa shape index (κ2) is 11.8. The van der Waals surface area contributed by atoms with Gasteiger partial charge in [-0.25, -0.2) is 9.97 Å². The van der Waals surface area contributed by atoms with E-state index in [9.17, 15) is 8.22 Å². The fourth-order valence-electron chi connectivity index (χ4n) is 5.78. The average molecular weight is 626 g/mol. The van der Waals surface area contributed by atoms with E-state index in [0.29, 0.717) is 16.8 Å². The highest BCUT2D eigenvalue weighted by molar-refractivity contribution is 6.20. The number of hydrogen-bond donors (Lipinski definition) is 0. The average Bonchev–Trinajstić information content (AvgIpc) is 3.30. The molecule has 0 aliphatic heterocycles. The molecule has 0 bridgehead atoms. The van der Waals surface area contributed by atoms with Crippen LogP contribution in [0.5, 0.6) is 0 Å². The molecule has 0 aliphatic rings. The Kier molecular flexibility index (Phi) is 4.03. The summed E-state index contributed by atoms with van der Waals surface area (Å²) in [6.07, 6.45) is 0. The van der Waals surface area contributed by atoms with Crippen LogP contribution < -0.4 is 0 Å². The Balaban J connectivity index is 1.39. The van der Waals surface area contributed by atoms with Gasteiger partial charge in [0.25, 0.3) is 0 Å². The standard InChI is InChI=1S/C46H30N2/c1-3-11-31(12-4-1)32-19-21-34(22-20-32)43-30-44(48-46(47-43)37-14-5-2-6-15-37)35-23-25-36(26-24-35)45-40-18-10-8-16-38(40)29-42-39-17-9-7-13-33(39)27-28-41(42)45/h1-30H/i7D,8D,9D,10D,13D,16D,17D,18D,23D,24D,25D,26D,27D,28D,29D. The number of aromatic nitrogens is 2. The van der Waals surface area contributed by atoms with Crippen LogP contribution >= 0.6 is 0 Å². The van der Waals surface area contributed by atoms with Gasteiger partial charge in [-0.15, -0.1) is 0 Å². The smallest absolute Gasteiger partial charge is 0.160 e. The minimum Gasteiger partial charge on any atom is -0.228 e. The van der Waals surface area contributed by atoms with Crippen LogP contribution in [-0.2, 0) is 0 Å². The Labute approximate surface area is 300 Å². The molecule has 224 valence electrons. The molecule has 9 aromatic rings. The van der Waals surface area contributed by atoms with Crippen LogP contribution in [0.4, 0.5) is 0 Å². The van der Waals surface area contributed by atoms with Crippen LogP contribution in [0.2, 0.25) is 0 Å². The van der Waals surface area contributed by atoms with Gasteiger partial charge in [-0.05, 0) is 66.7 Å². The van der Waals surface area contributed by atoms with Crippen molar-refractivity contribution in [2.45, 2.75) is 0 Å². The van der Waals surface area contributed by atoms with Gasteiger partial charge in [0.2, 0.25) is 0 Å². The maximum absolute atomic E-state index is 9.55. The van der Waals surface area contributed by atoms with Crippen LogP contribution in [0.1, 0.15) is 20.6 Å². The number of hydrogen-bond acceptors (Lipinski definition) is 2. The van der Waals surface area contributed by atoms with E-state index < -0.39 is 123 Å². The first-order valence-electron chi connectivity index (χ1n) is 22.6. The van der Waals surface area contributed by atoms with E-state index in [2.05, 4.69) is 0 Å².